The van der Waals surface area contributed by atoms with Crippen molar-refractivity contribution in [2.24, 2.45) is 5.92 Å². The van der Waals surface area contributed by atoms with Gasteiger partial charge in [-0.05, 0) is 47.8 Å². The van der Waals surface area contributed by atoms with E-state index in [-0.39, 0.29) is 0 Å². The second-order valence-corrected chi connectivity index (χ2v) is 6.80. The number of hydrogen-bond donors (Lipinski definition) is 2. The van der Waals surface area contributed by atoms with Gasteiger partial charge < -0.3 is 15.3 Å². The number of fused-ring (bicyclic) bond motifs is 1. The first-order valence-electron chi connectivity index (χ1n) is 8.80. The monoisotopic (exact) mass is 312 g/mol. The maximum Gasteiger partial charge on any atom is 0.0914 e. The second-order valence-electron chi connectivity index (χ2n) is 6.80. The Balaban J connectivity index is 1.59. The minimum Gasteiger partial charge on any atom is -0.387 e. The second kappa shape index (κ2) is 7.43. The number of nitrogens with one attached hydrogen (secondary N) is 1. The zero-order valence-corrected chi connectivity index (χ0v) is 14.2. The number of aliphatic hydroxyl groups is 1. The third kappa shape index (κ3) is 3.92. The van der Waals surface area contributed by atoms with Crippen molar-refractivity contribution in [3.63, 3.8) is 0 Å². The average molecular weight is 312 g/mol. The van der Waals surface area contributed by atoms with Crippen LogP contribution in [0, 0.1) is 5.92 Å². The minimum absolute atomic E-state index is 0.448. The van der Waals surface area contributed by atoms with E-state index < -0.39 is 6.10 Å². The predicted molar refractivity (Wildman–Crippen MR) is 96.6 cm³/mol. The van der Waals surface area contributed by atoms with Crippen LogP contribution in [0.2, 0.25) is 0 Å². The molecule has 3 rings (SSSR count). The van der Waals surface area contributed by atoms with E-state index in [4.69, 9.17) is 0 Å². The van der Waals surface area contributed by atoms with E-state index in [9.17, 15) is 5.11 Å². The van der Waals surface area contributed by atoms with Gasteiger partial charge in [-0.3, -0.25) is 0 Å². The third-order valence-electron chi connectivity index (χ3n) is 5.17. The minimum atomic E-state index is -0.448. The molecule has 124 valence electrons. The van der Waals surface area contributed by atoms with Crippen molar-refractivity contribution < 1.29 is 5.11 Å². The van der Waals surface area contributed by atoms with Crippen LogP contribution in [0.4, 0.5) is 0 Å². The summed E-state index contributed by atoms with van der Waals surface area (Å²) >= 11 is 0. The van der Waals surface area contributed by atoms with Gasteiger partial charge in [0.2, 0.25) is 0 Å². The van der Waals surface area contributed by atoms with Gasteiger partial charge in [-0.1, -0.05) is 50.2 Å². The fraction of sp³-hybridized carbons (Fsp3) is 0.500. The Kier molecular flexibility index (Phi) is 5.31. The molecular weight excluding hydrogens is 284 g/mol. The Bertz CT molecular complexity index is 642. The Morgan fingerprint density at radius 2 is 2.00 bits per heavy atom. The molecule has 0 saturated carbocycles. The SMILES string of the molecule is CCN1CCC(NCC(O)c2ccc3ccccc3c2)C(C)C1. The topological polar surface area (TPSA) is 35.5 Å². The molecule has 3 heteroatoms. The van der Waals surface area contributed by atoms with Gasteiger partial charge in [-0.2, -0.15) is 0 Å². The van der Waals surface area contributed by atoms with Crippen LogP contribution >= 0.6 is 0 Å². The number of hydrogen-bond acceptors (Lipinski definition) is 3. The Morgan fingerprint density at radius 3 is 2.74 bits per heavy atom. The lowest BCUT2D eigenvalue weighted by molar-refractivity contribution is 0.127. The lowest BCUT2D eigenvalue weighted by Gasteiger charge is -2.37. The first kappa shape index (κ1) is 16.4. The third-order valence-corrected chi connectivity index (χ3v) is 5.17. The predicted octanol–water partition coefficient (Wildman–Crippen LogP) is 3.19. The molecule has 1 aliphatic rings. The molecular formula is C20H28N2O. The summed E-state index contributed by atoms with van der Waals surface area (Å²) in [7, 11) is 0. The van der Waals surface area contributed by atoms with Gasteiger partial charge in [0.15, 0.2) is 0 Å². The lowest BCUT2D eigenvalue weighted by atomic mass is 9.93. The van der Waals surface area contributed by atoms with Crippen LogP contribution in [0.3, 0.4) is 0 Å². The van der Waals surface area contributed by atoms with Crippen molar-refractivity contribution in [1.82, 2.24) is 10.2 Å². The Labute approximate surface area is 139 Å². The fourth-order valence-electron chi connectivity index (χ4n) is 3.62. The molecule has 2 aromatic rings. The molecule has 23 heavy (non-hydrogen) atoms. The quantitative estimate of drug-likeness (QED) is 0.890. The molecule has 3 unspecified atom stereocenters. The summed E-state index contributed by atoms with van der Waals surface area (Å²) in [5.41, 5.74) is 0.995. The number of rotatable bonds is 5. The zero-order valence-electron chi connectivity index (χ0n) is 14.2. The maximum absolute atomic E-state index is 10.5. The number of likely N-dealkylation sites (tertiary alicyclic amines) is 1. The molecule has 0 bridgehead atoms. The van der Waals surface area contributed by atoms with Crippen molar-refractivity contribution in [3.8, 4) is 0 Å². The number of nitrogens with zero attached hydrogens (tertiary/aromatic N) is 1. The first-order chi connectivity index (χ1) is 11.2. The van der Waals surface area contributed by atoms with Gasteiger partial charge in [0.25, 0.3) is 0 Å². The molecule has 1 heterocycles. The zero-order chi connectivity index (χ0) is 16.2. The van der Waals surface area contributed by atoms with E-state index in [1.165, 1.54) is 17.2 Å². The molecule has 0 aliphatic carbocycles. The molecule has 0 radical (unpaired) electrons. The Morgan fingerprint density at radius 1 is 1.22 bits per heavy atom. The smallest absolute Gasteiger partial charge is 0.0914 e. The lowest BCUT2D eigenvalue weighted by Crippen LogP contribution is -2.49. The molecule has 0 spiro atoms. The molecule has 2 N–H and O–H groups in total. The summed E-state index contributed by atoms with van der Waals surface area (Å²) in [5, 5.41) is 16.5. The summed E-state index contributed by atoms with van der Waals surface area (Å²) in [5.74, 6) is 0.632. The van der Waals surface area contributed by atoms with Gasteiger partial charge in [0, 0.05) is 19.1 Å². The normalized spacial score (nSPS) is 24.0. The van der Waals surface area contributed by atoms with E-state index in [1.807, 2.05) is 18.2 Å². The van der Waals surface area contributed by atoms with Gasteiger partial charge in [-0.25, -0.2) is 0 Å². The van der Waals surface area contributed by atoms with Crippen molar-refractivity contribution >= 4 is 10.8 Å². The van der Waals surface area contributed by atoms with Gasteiger partial charge in [0.05, 0.1) is 6.10 Å². The van der Waals surface area contributed by atoms with Gasteiger partial charge >= 0.3 is 0 Å². The van der Waals surface area contributed by atoms with Crippen molar-refractivity contribution in [2.45, 2.75) is 32.4 Å². The van der Waals surface area contributed by atoms with Crippen LogP contribution in [0.1, 0.15) is 31.9 Å². The highest BCUT2D eigenvalue weighted by molar-refractivity contribution is 5.83. The number of benzene rings is 2. The molecule has 2 aromatic carbocycles. The van der Waals surface area contributed by atoms with Crippen LogP contribution in [0.25, 0.3) is 10.8 Å². The van der Waals surface area contributed by atoms with Gasteiger partial charge in [-0.15, -0.1) is 0 Å². The molecule has 3 nitrogen and oxygen atoms in total. The number of aliphatic hydroxyl groups excluding tert-OH is 1. The standard InChI is InChI=1S/C20H28N2O/c1-3-22-11-10-19(15(2)14-22)21-13-20(23)18-9-8-16-6-4-5-7-17(16)12-18/h4-9,12,15,19-21,23H,3,10-11,13-14H2,1-2H3. The van der Waals surface area contributed by atoms with E-state index in [1.54, 1.807) is 0 Å². The van der Waals surface area contributed by atoms with Crippen LogP contribution < -0.4 is 5.32 Å². The van der Waals surface area contributed by atoms with Crippen molar-refractivity contribution in [2.75, 3.05) is 26.2 Å². The Hall–Kier alpha value is -1.42. The van der Waals surface area contributed by atoms with Crippen LogP contribution in [-0.2, 0) is 0 Å². The summed E-state index contributed by atoms with van der Waals surface area (Å²) in [6, 6.07) is 15.0. The fourth-order valence-corrected chi connectivity index (χ4v) is 3.62. The molecule has 0 aromatic heterocycles. The summed E-state index contributed by atoms with van der Waals surface area (Å²) < 4.78 is 0. The van der Waals surface area contributed by atoms with Crippen molar-refractivity contribution in [1.29, 1.82) is 0 Å². The maximum atomic E-state index is 10.5. The molecule has 0 amide bonds. The van der Waals surface area contributed by atoms with Crippen molar-refractivity contribution in [3.05, 3.63) is 48.0 Å². The molecule has 1 saturated heterocycles. The highest BCUT2D eigenvalue weighted by Crippen LogP contribution is 2.21. The highest BCUT2D eigenvalue weighted by atomic mass is 16.3. The summed E-state index contributed by atoms with van der Waals surface area (Å²) in [6.45, 7) is 8.60. The highest BCUT2D eigenvalue weighted by Gasteiger charge is 2.25. The van der Waals surface area contributed by atoms with Crippen LogP contribution in [0.5, 0.6) is 0 Å². The summed E-state index contributed by atoms with van der Waals surface area (Å²) in [4.78, 5) is 2.50. The van der Waals surface area contributed by atoms with Crippen LogP contribution in [0.15, 0.2) is 42.5 Å². The number of piperidine rings is 1. The van der Waals surface area contributed by atoms with Crippen LogP contribution in [-0.4, -0.2) is 42.2 Å². The molecule has 3 atom stereocenters. The van der Waals surface area contributed by atoms with E-state index in [2.05, 4.69) is 48.3 Å². The molecule has 1 fully saturated rings. The van der Waals surface area contributed by atoms with E-state index >= 15 is 0 Å². The van der Waals surface area contributed by atoms with E-state index in [0.29, 0.717) is 18.5 Å². The van der Waals surface area contributed by atoms with E-state index in [0.717, 1.165) is 25.2 Å². The molecule has 1 aliphatic heterocycles. The average Bonchev–Trinajstić information content (AvgIpc) is 2.59. The van der Waals surface area contributed by atoms with Gasteiger partial charge in [0.1, 0.15) is 0 Å². The summed E-state index contributed by atoms with van der Waals surface area (Å²) in [6.07, 6.45) is 0.718. The first-order valence-corrected chi connectivity index (χ1v) is 8.80. The largest absolute Gasteiger partial charge is 0.387 e.